The molecule has 0 N–H and O–H groups in total. The average Bonchev–Trinajstić information content (AvgIpc) is 2.15. The molecule has 0 aromatic rings. The molecule has 0 amide bonds. The summed E-state index contributed by atoms with van der Waals surface area (Å²) in [7, 11) is 0. The molecule has 16 heavy (non-hydrogen) atoms. The van der Waals surface area contributed by atoms with Crippen LogP contribution < -0.4 is 0 Å². The van der Waals surface area contributed by atoms with Crippen molar-refractivity contribution in [3.05, 3.63) is 0 Å². The number of carbonyl (C=O) groups excluding carboxylic acids is 1. The van der Waals surface area contributed by atoms with Gasteiger partial charge in [-0.2, -0.15) is 5.06 Å². The second-order valence-corrected chi connectivity index (χ2v) is 5.17. The van der Waals surface area contributed by atoms with Gasteiger partial charge in [-0.3, -0.25) is 9.63 Å². The Hall–Kier alpha value is -0.650. The first-order chi connectivity index (χ1) is 7.46. The zero-order valence-electron chi connectivity index (χ0n) is 10.1. The molecule has 2 rings (SSSR count). The number of hydroxylamine groups is 2. The summed E-state index contributed by atoms with van der Waals surface area (Å²) < 4.78 is 10.7. The van der Waals surface area contributed by atoms with Gasteiger partial charge < -0.3 is 9.47 Å². The molecule has 2 bridgehead atoms. The standard InChI is InChI=1S/C11H19NO4/c1-11(2,3)15-10(13)8-4-5-9-14-7-6-12(8)16-9/h8-9H,4-7H2,1-3H3. The lowest BCUT2D eigenvalue weighted by Gasteiger charge is -2.41. The summed E-state index contributed by atoms with van der Waals surface area (Å²) in [5.41, 5.74) is -0.444. The summed E-state index contributed by atoms with van der Waals surface area (Å²) in [5.74, 6) is -0.201. The van der Waals surface area contributed by atoms with E-state index in [1.165, 1.54) is 0 Å². The first-order valence-corrected chi connectivity index (χ1v) is 5.73. The fourth-order valence-corrected chi connectivity index (χ4v) is 1.92. The van der Waals surface area contributed by atoms with Gasteiger partial charge in [0.15, 0.2) is 6.29 Å². The zero-order chi connectivity index (χ0) is 11.8. The number of ether oxygens (including phenoxy) is 2. The maximum Gasteiger partial charge on any atom is 0.326 e. The van der Waals surface area contributed by atoms with Crippen molar-refractivity contribution in [1.29, 1.82) is 0 Å². The monoisotopic (exact) mass is 229 g/mol. The lowest BCUT2D eigenvalue weighted by atomic mass is 10.1. The molecule has 0 aromatic heterocycles. The van der Waals surface area contributed by atoms with Crippen molar-refractivity contribution in [2.45, 2.75) is 51.5 Å². The fraction of sp³-hybridized carbons (Fsp3) is 0.909. The third-order valence-electron chi connectivity index (χ3n) is 2.57. The minimum atomic E-state index is -0.444. The Morgan fingerprint density at radius 3 is 2.81 bits per heavy atom. The fourth-order valence-electron chi connectivity index (χ4n) is 1.92. The number of hydrogen-bond donors (Lipinski definition) is 0. The van der Waals surface area contributed by atoms with E-state index in [9.17, 15) is 4.79 Å². The maximum atomic E-state index is 11.9. The van der Waals surface area contributed by atoms with Crippen molar-refractivity contribution in [2.75, 3.05) is 13.2 Å². The third kappa shape index (κ3) is 2.72. The molecular weight excluding hydrogens is 210 g/mol. The number of fused-ring (bicyclic) bond motifs is 2. The number of carbonyl (C=O) groups is 1. The van der Waals surface area contributed by atoms with E-state index in [0.717, 1.165) is 12.8 Å². The summed E-state index contributed by atoms with van der Waals surface area (Å²) in [6, 6.07) is -0.278. The van der Waals surface area contributed by atoms with Crippen molar-refractivity contribution in [1.82, 2.24) is 5.06 Å². The normalized spacial score (nSPS) is 34.6. The predicted octanol–water partition coefficient (Wildman–Crippen LogP) is 1.08. The second-order valence-electron chi connectivity index (χ2n) is 5.17. The summed E-state index contributed by atoms with van der Waals surface area (Å²) in [6.07, 6.45) is 1.31. The Bertz CT molecular complexity index is 274. The highest BCUT2D eigenvalue weighted by Crippen LogP contribution is 2.26. The summed E-state index contributed by atoms with van der Waals surface area (Å²) in [5, 5.41) is 1.70. The largest absolute Gasteiger partial charge is 0.459 e. The third-order valence-corrected chi connectivity index (χ3v) is 2.57. The van der Waals surface area contributed by atoms with E-state index in [1.807, 2.05) is 20.8 Å². The van der Waals surface area contributed by atoms with Gasteiger partial charge in [0.25, 0.3) is 0 Å². The highest BCUT2D eigenvalue weighted by Gasteiger charge is 2.39. The molecule has 5 heteroatoms. The van der Waals surface area contributed by atoms with Gasteiger partial charge in [0.1, 0.15) is 11.6 Å². The molecule has 3 atom stereocenters. The second kappa shape index (κ2) is 4.31. The van der Waals surface area contributed by atoms with Crippen LogP contribution in [0.15, 0.2) is 0 Å². The van der Waals surface area contributed by atoms with Crippen molar-refractivity contribution in [2.24, 2.45) is 0 Å². The molecular formula is C11H19NO4. The molecule has 3 unspecified atom stereocenters. The van der Waals surface area contributed by atoms with E-state index >= 15 is 0 Å². The van der Waals surface area contributed by atoms with Crippen LogP contribution in [0.4, 0.5) is 0 Å². The molecule has 0 radical (unpaired) electrons. The first-order valence-electron chi connectivity index (χ1n) is 5.73. The van der Waals surface area contributed by atoms with Crippen LogP contribution in [0.2, 0.25) is 0 Å². The topological polar surface area (TPSA) is 48.0 Å². The van der Waals surface area contributed by atoms with Crippen molar-refractivity contribution in [3.63, 3.8) is 0 Å². The molecule has 92 valence electrons. The molecule has 2 aliphatic rings. The molecule has 2 heterocycles. The van der Waals surface area contributed by atoms with Gasteiger partial charge in [-0.05, 0) is 27.2 Å². The Morgan fingerprint density at radius 2 is 2.12 bits per heavy atom. The Kier molecular flexibility index (Phi) is 3.19. The number of nitrogens with zero attached hydrogens (tertiary/aromatic N) is 1. The van der Waals surface area contributed by atoms with Gasteiger partial charge in [-0.15, -0.1) is 0 Å². The Morgan fingerprint density at radius 1 is 1.38 bits per heavy atom. The van der Waals surface area contributed by atoms with E-state index in [1.54, 1.807) is 5.06 Å². The van der Waals surface area contributed by atoms with E-state index < -0.39 is 5.60 Å². The molecule has 2 saturated heterocycles. The summed E-state index contributed by atoms with van der Waals surface area (Å²) in [4.78, 5) is 17.4. The van der Waals surface area contributed by atoms with Gasteiger partial charge in [-0.1, -0.05) is 0 Å². The Labute approximate surface area is 95.6 Å². The number of hydrogen-bond acceptors (Lipinski definition) is 5. The first kappa shape index (κ1) is 11.8. The summed E-state index contributed by atoms with van der Waals surface area (Å²) >= 11 is 0. The highest BCUT2D eigenvalue weighted by molar-refractivity contribution is 5.76. The van der Waals surface area contributed by atoms with Crippen LogP contribution in [-0.4, -0.2) is 42.1 Å². The van der Waals surface area contributed by atoms with Crippen LogP contribution in [-0.2, 0) is 19.1 Å². The summed E-state index contributed by atoms with van der Waals surface area (Å²) in [6.45, 7) is 6.86. The SMILES string of the molecule is CC(C)(C)OC(=O)C1CCC2OCCN1O2. The van der Waals surface area contributed by atoms with E-state index in [2.05, 4.69) is 0 Å². The molecule has 0 aliphatic carbocycles. The molecule has 0 aromatic carbocycles. The smallest absolute Gasteiger partial charge is 0.326 e. The van der Waals surface area contributed by atoms with Crippen LogP contribution in [0, 0.1) is 0 Å². The average molecular weight is 229 g/mol. The Balaban J connectivity index is 1.96. The lowest BCUT2D eigenvalue weighted by Crippen LogP contribution is -2.54. The van der Waals surface area contributed by atoms with Gasteiger partial charge in [0.2, 0.25) is 0 Å². The van der Waals surface area contributed by atoms with Crippen LogP contribution >= 0.6 is 0 Å². The molecule has 0 spiro atoms. The quantitative estimate of drug-likeness (QED) is 0.630. The minimum Gasteiger partial charge on any atom is -0.459 e. The zero-order valence-corrected chi connectivity index (χ0v) is 10.1. The molecule has 5 nitrogen and oxygen atoms in total. The van der Waals surface area contributed by atoms with Crippen LogP contribution in [0.3, 0.4) is 0 Å². The molecule has 2 fully saturated rings. The number of esters is 1. The van der Waals surface area contributed by atoms with Crippen molar-refractivity contribution in [3.8, 4) is 0 Å². The van der Waals surface area contributed by atoms with Crippen molar-refractivity contribution >= 4 is 5.97 Å². The van der Waals surface area contributed by atoms with E-state index in [4.69, 9.17) is 14.3 Å². The molecule has 2 aliphatic heterocycles. The van der Waals surface area contributed by atoms with E-state index in [-0.39, 0.29) is 18.3 Å². The van der Waals surface area contributed by atoms with Gasteiger partial charge in [-0.25, -0.2) is 0 Å². The lowest BCUT2D eigenvalue weighted by molar-refractivity contribution is -0.353. The van der Waals surface area contributed by atoms with Crippen LogP contribution in [0.5, 0.6) is 0 Å². The predicted molar refractivity (Wildman–Crippen MR) is 56.4 cm³/mol. The van der Waals surface area contributed by atoms with Crippen molar-refractivity contribution < 1.29 is 19.1 Å². The number of rotatable bonds is 1. The molecule has 0 saturated carbocycles. The highest BCUT2D eigenvalue weighted by atomic mass is 16.8. The van der Waals surface area contributed by atoms with Gasteiger partial charge in [0.05, 0.1) is 6.61 Å². The maximum absolute atomic E-state index is 11.9. The van der Waals surface area contributed by atoms with Gasteiger partial charge >= 0.3 is 5.97 Å². The van der Waals surface area contributed by atoms with Crippen LogP contribution in [0.1, 0.15) is 33.6 Å². The van der Waals surface area contributed by atoms with Gasteiger partial charge in [0, 0.05) is 13.0 Å². The van der Waals surface area contributed by atoms with E-state index in [0.29, 0.717) is 13.2 Å². The minimum absolute atomic E-state index is 0.174. The van der Waals surface area contributed by atoms with Crippen LogP contribution in [0.25, 0.3) is 0 Å².